The fourth-order valence-corrected chi connectivity index (χ4v) is 10.1. The number of nitrogens with one attached hydrogen (secondary N) is 3. The number of thioether (sulfide) groups is 1. The van der Waals surface area contributed by atoms with Crippen molar-refractivity contribution in [2.75, 3.05) is 50.3 Å². The van der Waals surface area contributed by atoms with Crippen LogP contribution >= 0.6 is 23.1 Å². The first-order valence-corrected chi connectivity index (χ1v) is 20.1. The number of benzene rings is 1. The molecule has 1 unspecified atom stereocenters. The molecule has 4 atom stereocenters. The van der Waals surface area contributed by atoms with Crippen LogP contribution in [0, 0.1) is 11.3 Å². The van der Waals surface area contributed by atoms with Gasteiger partial charge in [-0.1, -0.05) is 5.16 Å². The normalized spacial score (nSPS) is 28.1. The number of carboxylic acid groups (broad SMARTS) is 2. The van der Waals surface area contributed by atoms with Crippen molar-refractivity contribution in [3.63, 3.8) is 0 Å². The molecule has 4 fully saturated rings. The predicted octanol–water partition coefficient (Wildman–Crippen LogP) is 0.889. The third kappa shape index (κ3) is 7.22. The summed E-state index contributed by atoms with van der Waals surface area (Å²) in [5.41, 5.74) is 4.38. The summed E-state index contributed by atoms with van der Waals surface area (Å²) < 4.78 is 0.626. The maximum Gasteiger partial charge on any atom is 0.352 e. The van der Waals surface area contributed by atoms with Crippen LogP contribution in [0.2, 0.25) is 0 Å². The summed E-state index contributed by atoms with van der Waals surface area (Å²) in [6, 6.07) is 1.29. The van der Waals surface area contributed by atoms with Gasteiger partial charge in [0.2, 0.25) is 11.5 Å². The van der Waals surface area contributed by atoms with Crippen LogP contribution in [-0.2, 0) is 28.8 Å². The number of anilines is 2. The number of Topliss-reactive ketones (excluding diaryl/α,β-unsaturated/α-hetero) is 1. The first kappa shape index (κ1) is 39.8. The van der Waals surface area contributed by atoms with Crippen molar-refractivity contribution in [3.8, 4) is 11.5 Å². The van der Waals surface area contributed by atoms with E-state index in [-0.39, 0.29) is 45.0 Å². The first-order chi connectivity index (χ1) is 26.8. The van der Waals surface area contributed by atoms with Crippen LogP contribution in [0.5, 0.6) is 11.5 Å². The van der Waals surface area contributed by atoms with Crippen LogP contribution < -0.4 is 21.7 Å². The SMILES string of the molecule is C[C@@H]1S[C@@H]2[C@H](NC(=O)/C(=N\OC(C)(C)C(=O)O)c3csc(N)n3)C(=O)N2C(C(=O)O)=C1C[N+]12CCC(CNC(=O)C3CNc4cc(O)c(O)cc4C3=O)(CC1)CC2. The number of phenols is 2. The van der Waals surface area contributed by atoms with Crippen LogP contribution in [0.15, 0.2) is 33.9 Å². The first-order valence-electron chi connectivity index (χ1n) is 18.3. The molecule has 2 aromatic rings. The minimum Gasteiger partial charge on any atom is -0.504 e. The Kier molecular flexibility index (Phi) is 10.1. The average molecular weight is 828 g/mol. The lowest BCUT2D eigenvalue weighted by atomic mass is 9.70. The number of carboxylic acids is 2. The highest BCUT2D eigenvalue weighted by Gasteiger charge is 2.58. The van der Waals surface area contributed by atoms with Crippen LogP contribution in [0.4, 0.5) is 10.8 Å². The number of amides is 3. The Morgan fingerprint density at radius 1 is 1.12 bits per heavy atom. The quantitative estimate of drug-likeness (QED) is 0.0281. The van der Waals surface area contributed by atoms with Crippen molar-refractivity contribution in [3.05, 3.63) is 40.0 Å². The number of aliphatic carboxylic acids is 2. The monoisotopic (exact) mass is 827 g/mol. The Morgan fingerprint density at radius 3 is 2.40 bits per heavy atom. The van der Waals surface area contributed by atoms with E-state index in [9.17, 15) is 49.2 Å². The molecular formula is C36H43N8O11S2+. The average Bonchev–Trinajstić information content (AvgIpc) is 3.60. The van der Waals surface area contributed by atoms with E-state index in [1.165, 1.54) is 42.0 Å². The molecule has 1 aromatic carbocycles. The number of thiazole rings is 1. The molecule has 6 aliphatic rings. The second-order valence-electron chi connectivity index (χ2n) is 15.7. The van der Waals surface area contributed by atoms with Gasteiger partial charge in [0.1, 0.15) is 35.3 Å². The molecule has 1 aromatic heterocycles. The van der Waals surface area contributed by atoms with E-state index >= 15 is 0 Å². The van der Waals surface area contributed by atoms with Gasteiger partial charge in [-0.05, 0) is 26.8 Å². The number of phenolic OH excluding ortho intramolecular Hbond substituents is 2. The molecule has 19 nitrogen and oxygen atoms in total. The third-order valence-corrected chi connectivity index (χ3v) is 13.9. The number of aromatic nitrogens is 1. The Balaban J connectivity index is 1.00. The van der Waals surface area contributed by atoms with Crippen molar-refractivity contribution in [2.45, 2.75) is 62.3 Å². The van der Waals surface area contributed by atoms with Gasteiger partial charge in [-0.3, -0.25) is 24.1 Å². The van der Waals surface area contributed by atoms with E-state index in [0.29, 0.717) is 28.8 Å². The molecule has 0 spiro atoms. The molecule has 4 saturated heterocycles. The van der Waals surface area contributed by atoms with Gasteiger partial charge in [-0.15, -0.1) is 23.1 Å². The van der Waals surface area contributed by atoms with E-state index in [2.05, 4.69) is 26.1 Å². The highest BCUT2D eigenvalue weighted by atomic mass is 32.2. The lowest BCUT2D eigenvalue weighted by Gasteiger charge is -2.56. The molecule has 21 heteroatoms. The number of β-lactam (4-membered cyclic amide) rings is 1. The number of ketones is 1. The molecule has 3 amide bonds. The Labute approximate surface area is 333 Å². The van der Waals surface area contributed by atoms with Gasteiger partial charge in [-0.2, -0.15) is 0 Å². The second kappa shape index (κ2) is 14.5. The summed E-state index contributed by atoms with van der Waals surface area (Å²) in [6.45, 7) is 7.39. The third-order valence-electron chi connectivity index (χ3n) is 11.8. The van der Waals surface area contributed by atoms with Crippen molar-refractivity contribution in [1.29, 1.82) is 0 Å². The molecule has 6 aliphatic heterocycles. The van der Waals surface area contributed by atoms with E-state index in [1.54, 1.807) is 0 Å². The summed E-state index contributed by atoms with van der Waals surface area (Å²) in [6.07, 6.45) is 2.29. The van der Waals surface area contributed by atoms with Gasteiger partial charge in [0.25, 0.3) is 11.8 Å². The number of oxime groups is 1. The number of hydrogen-bond acceptors (Lipinski definition) is 15. The number of hydrogen-bond donors (Lipinski definition) is 8. The smallest absolute Gasteiger partial charge is 0.352 e. The zero-order valence-electron chi connectivity index (χ0n) is 31.2. The van der Waals surface area contributed by atoms with E-state index in [1.807, 2.05) is 6.92 Å². The van der Waals surface area contributed by atoms with Gasteiger partial charge in [0, 0.05) is 71.3 Å². The summed E-state index contributed by atoms with van der Waals surface area (Å²) >= 11 is 2.37. The van der Waals surface area contributed by atoms with E-state index < -0.39 is 69.8 Å². The van der Waals surface area contributed by atoms with Crippen LogP contribution in [-0.4, -0.2) is 137 Å². The lowest BCUT2D eigenvalue weighted by molar-refractivity contribution is -0.941. The van der Waals surface area contributed by atoms with Crippen LogP contribution in [0.3, 0.4) is 0 Å². The number of rotatable bonds is 12. The molecule has 0 saturated carbocycles. The molecule has 57 heavy (non-hydrogen) atoms. The molecule has 0 aliphatic carbocycles. The number of fused-ring (bicyclic) bond motifs is 5. The largest absolute Gasteiger partial charge is 0.504 e. The number of aromatic hydroxyl groups is 2. The summed E-state index contributed by atoms with van der Waals surface area (Å²) in [5, 5.41) is 52.5. The van der Waals surface area contributed by atoms with Gasteiger partial charge in [0.05, 0.1) is 19.6 Å². The van der Waals surface area contributed by atoms with Crippen molar-refractivity contribution in [2.24, 2.45) is 16.5 Å². The summed E-state index contributed by atoms with van der Waals surface area (Å²) in [4.78, 5) is 88.4. The number of carbonyl (C=O) groups excluding carboxylic acids is 4. The Hall–Kier alpha value is -5.41. The standard InChI is InChI=1S/C36H42N8O11S2/c1-16-19(13-44-7-4-36(5-8-44,6-9-44)15-39-28(48)18-12-38-20-11-23(46)22(45)10-17(20)27(18)47)26(32(51)52)43-30(50)25(31(43)57-16)41-29(49)24(21-14-56-34(37)40-21)42-55-35(2,3)33(53)54/h10-11,14,16,18,25,31H,4-9,12-13,15H2,1-3H3,(H8-,37,38,39,40,41,42,45,46,47,48,49,51,52,53,54)/p+1/t16-,18?,25+,31+,36?,44?/m0/s1. The predicted molar refractivity (Wildman–Crippen MR) is 205 cm³/mol. The van der Waals surface area contributed by atoms with Crippen molar-refractivity contribution in [1.82, 2.24) is 20.5 Å². The Bertz CT molecular complexity index is 2130. The van der Waals surface area contributed by atoms with Crippen LogP contribution in [0.1, 0.15) is 56.1 Å². The minimum atomic E-state index is -1.79. The Morgan fingerprint density at radius 2 is 1.79 bits per heavy atom. The zero-order valence-corrected chi connectivity index (χ0v) is 32.9. The molecule has 0 radical (unpaired) electrons. The van der Waals surface area contributed by atoms with Gasteiger partial charge in [-0.25, -0.2) is 14.6 Å². The molecule has 7 heterocycles. The summed E-state index contributed by atoms with van der Waals surface area (Å²) in [5.74, 6) is -6.76. The minimum absolute atomic E-state index is 0.00788. The highest BCUT2D eigenvalue weighted by molar-refractivity contribution is 8.00. The zero-order chi connectivity index (χ0) is 41.2. The number of nitrogens with zero attached hydrogens (tertiary/aromatic N) is 4. The molecule has 304 valence electrons. The number of nitrogens with two attached hydrogens (primary N) is 1. The van der Waals surface area contributed by atoms with Crippen molar-refractivity contribution >= 4 is 75.1 Å². The van der Waals surface area contributed by atoms with E-state index in [4.69, 9.17) is 10.6 Å². The van der Waals surface area contributed by atoms with Gasteiger partial charge >= 0.3 is 11.9 Å². The number of quaternary nitrogens is 1. The van der Waals surface area contributed by atoms with Crippen molar-refractivity contribution < 1.29 is 58.5 Å². The van der Waals surface area contributed by atoms with E-state index in [0.717, 1.165) is 56.3 Å². The molecule has 9 N–H and O–H groups in total. The van der Waals surface area contributed by atoms with Gasteiger partial charge < -0.3 is 51.4 Å². The lowest BCUT2D eigenvalue weighted by Crippen LogP contribution is -2.72. The fraction of sp³-hybridized carbons (Fsp3) is 0.500. The number of nitrogen functional groups attached to an aromatic ring is 1. The fourth-order valence-electron chi connectivity index (χ4n) is 8.09. The molecule has 8 rings (SSSR count). The number of carbonyl (C=O) groups is 6. The molecule has 2 bridgehead atoms. The maximum absolute atomic E-state index is 13.6. The summed E-state index contributed by atoms with van der Waals surface area (Å²) in [7, 11) is 0. The second-order valence-corrected chi connectivity index (χ2v) is 18.1. The number of piperidine rings is 3. The highest BCUT2D eigenvalue weighted by Crippen LogP contribution is 2.48. The topological polar surface area (TPSA) is 283 Å². The van der Waals surface area contributed by atoms with Crippen LogP contribution in [0.25, 0.3) is 0 Å². The maximum atomic E-state index is 13.6. The van der Waals surface area contributed by atoms with Gasteiger partial charge in [0.15, 0.2) is 28.1 Å². The molecular weight excluding hydrogens is 785 g/mol.